The third-order valence-electron chi connectivity index (χ3n) is 7.78. The molecule has 1 atom stereocenters. The number of hydrogen-bond donors (Lipinski definition) is 1. The molecule has 2 heterocycles. The summed E-state index contributed by atoms with van der Waals surface area (Å²) in [6.07, 6.45) is 2.31. The summed E-state index contributed by atoms with van der Waals surface area (Å²) in [5.41, 5.74) is 3.74. The molecule has 1 aliphatic heterocycles. The normalized spacial score (nSPS) is 22.0. The Bertz CT molecular complexity index is 1550. The van der Waals surface area contributed by atoms with E-state index in [9.17, 15) is 13.2 Å². The van der Waals surface area contributed by atoms with Crippen molar-refractivity contribution in [3.8, 4) is 17.1 Å². The van der Waals surface area contributed by atoms with Crippen LogP contribution in [0.1, 0.15) is 68.4 Å². The first-order chi connectivity index (χ1) is 19.9. The Balaban J connectivity index is 1.62. The number of nitrogens with zero attached hydrogens (tertiary/aromatic N) is 3. The van der Waals surface area contributed by atoms with Gasteiger partial charge < -0.3 is 14.4 Å². The standard InChI is InChI=1S/C32H40N4O5S/c1-19(2)13-25-18-40-29-17-28(30-21(5)9-7-10-22(30)6)33-32(34-29)35-42(38,39)27-12-8-11-23(14-27)31(37)36(25)24-15-26(16-24)41-20(3)4/h7-12,14,17,19-20,24-26H,13,15-16,18H2,1-6H3,(H,33,34,35)/t24-,25-,26+/m1/s1. The van der Waals surface area contributed by atoms with Crippen LogP contribution in [0, 0.1) is 19.8 Å². The first kappa shape index (κ1) is 30.0. The lowest BCUT2D eigenvalue weighted by molar-refractivity contribution is -0.0800. The maximum Gasteiger partial charge on any atom is 0.264 e. The molecule has 9 nitrogen and oxygen atoms in total. The van der Waals surface area contributed by atoms with Gasteiger partial charge in [-0.2, -0.15) is 4.98 Å². The summed E-state index contributed by atoms with van der Waals surface area (Å²) >= 11 is 0. The van der Waals surface area contributed by atoms with Crippen molar-refractivity contribution in [2.45, 2.75) is 90.0 Å². The first-order valence-electron chi connectivity index (χ1n) is 14.6. The third kappa shape index (κ3) is 6.44. The van der Waals surface area contributed by atoms with Crippen molar-refractivity contribution in [1.82, 2.24) is 14.9 Å². The Morgan fingerprint density at radius 2 is 1.71 bits per heavy atom. The number of ether oxygens (including phenoxy) is 2. The fourth-order valence-electron chi connectivity index (χ4n) is 5.89. The number of carbonyl (C=O) groups is 1. The Morgan fingerprint density at radius 3 is 2.38 bits per heavy atom. The van der Waals surface area contributed by atoms with E-state index in [4.69, 9.17) is 9.47 Å². The largest absolute Gasteiger partial charge is 0.475 e. The lowest BCUT2D eigenvalue weighted by atomic mass is 9.85. The second-order valence-corrected chi connectivity index (χ2v) is 13.7. The van der Waals surface area contributed by atoms with Crippen LogP contribution in [0.2, 0.25) is 0 Å². The Labute approximate surface area is 248 Å². The highest BCUT2D eigenvalue weighted by Gasteiger charge is 2.41. The van der Waals surface area contributed by atoms with E-state index in [-0.39, 0.29) is 59.4 Å². The Hall–Kier alpha value is -3.50. The molecule has 1 saturated carbocycles. The molecule has 2 aliphatic rings. The van der Waals surface area contributed by atoms with Crippen molar-refractivity contribution < 1.29 is 22.7 Å². The second-order valence-electron chi connectivity index (χ2n) is 12.1. The van der Waals surface area contributed by atoms with Gasteiger partial charge in [0.1, 0.15) is 6.61 Å². The predicted octanol–water partition coefficient (Wildman–Crippen LogP) is 5.77. The number of rotatable bonds is 6. The highest BCUT2D eigenvalue weighted by Crippen LogP contribution is 2.35. The van der Waals surface area contributed by atoms with Crippen molar-refractivity contribution in [1.29, 1.82) is 0 Å². The number of amides is 1. The van der Waals surface area contributed by atoms with E-state index in [1.807, 2.05) is 50.8 Å². The summed E-state index contributed by atoms with van der Waals surface area (Å²) in [6.45, 7) is 12.4. The molecule has 1 amide bonds. The molecule has 1 aliphatic carbocycles. The molecule has 4 bridgehead atoms. The molecular formula is C32H40N4O5S. The van der Waals surface area contributed by atoms with Gasteiger partial charge in [-0.25, -0.2) is 18.1 Å². The van der Waals surface area contributed by atoms with Crippen LogP contribution in [0.5, 0.6) is 5.88 Å². The summed E-state index contributed by atoms with van der Waals surface area (Å²) in [4.78, 5) is 25.1. The maximum absolute atomic E-state index is 14.2. The SMILES string of the molecule is Cc1cccc(C)c1-c1cc2nc(n1)NS(=O)(=O)c1cccc(c1)C(=O)N([C@H]1C[C@@H](OC(C)C)C1)[C@H](CC(C)C)CO2. The van der Waals surface area contributed by atoms with Gasteiger partial charge in [0.15, 0.2) is 0 Å². The zero-order chi connectivity index (χ0) is 30.2. The summed E-state index contributed by atoms with van der Waals surface area (Å²) in [5, 5.41) is 0. The minimum Gasteiger partial charge on any atom is -0.475 e. The molecule has 10 heteroatoms. The number of fused-ring (bicyclic) bond motifs is 4. The van der Waals surface area contributed by atoms with Crippen molar-refractivity contribution in [2.75, 3.05) is 11.3 Å². The van der Waals surface area contributed by atoms with Gasteiger partial charge in [0.2, 0.25) is 11.8 Å². The number of nitrogens with one attached hydrogen (secondary N) is 1. The highest BCUT2D eigenvalue weighted by molar-refractivity contribution is 7.92. The van der Waals surface area contributed by atoms with Crippen molar-refractivity contribution in [3.05, 3.63) is 65.2 Å². The van der Waals surface area contributed by atoms with Crippen LogP contribution < -0.4 is 9.46 Å². The molecule has 0 unspecified atom stereocenters. The number of benzene rings is 2. The zero-order valence-electron chi connectivity index (χ0n) is 25.1. The molecule has 1 N–H and O–H groups in total. The van der Waals surface area contributed by atoms with Crippen LogP contribution in [0.4, 0.5) is 5.95 Å². The minimum atomic E-state index is -4.11. The second kappa shape index (κ2) is 12.0. The van der Waals surface area contributed by atoms with Gasteiger partial charge in [0, 0.05) is 23.2 Å². The average Bonchev–Trinajstić information content (AvgIpc) is 2.89. The van der Waals surface area contributed by atoms with Crippen LogP contribution in [-0.2, 0) is 14.8 Å². The molecule has 0 spiro atoms. The summed E-state index contributed by atoms with van der Waals surface area (Å²) < 4.78 is 41.9. The molecule has 2 aromatic carbocycles. The van der Waals surface area contributed by atoms with E-state index in [1.165, 1.54) is 12.1 Å². The molecule has 42 heavy (non-hydrogen) atoms. The Kier molecular flexibility index (Phi) is 8.57. The van der Waals surface area contributed by atoms with Gasteiger partial charge in [-0.05, 0) is 82.2 Å². The summed E-state index contributed by atoms with van der Waals surface area (Å²) in [6, 6.07) is 13.5. The minimum absolute atomic E-state index is 0.0360. The fourth-order valence-corrected chi connectivity index (χ4v) is 6.88. The van der Waals surface area contributed by atoms with Crippen molar-refractivity contribution in [2.24, 2.45) is 5.92 Å². The number of aryl methyl sites for hydroxylation is 2. The number of anilines is 1. The highest BCUT2D eigenvalue weighted by atomic mass is 32.2. The maximum atomic E-state index is 14.2. The molecule has 0 saturated heterocycles. The van der Waals surface area contributed by atoms with Crippen molar-refractivity contribution >= 4 is 21.9 Å². The van der Waals surface area contributed by atoms with Crippen LogP contribution >= 0.6 is 0 Å². The smallest absolute Gasteiger partial charge is 0.264 e. The molecule has 224 valence electrons. The molecule has 5 rings (SSSR count). The molecular weight excluding hydrogens is 552 g/mol. The Morgan fingerprint density at radius 1 is 1.02 bits per heavy atom. The quantitative estimate of drug-likeness (QED) is 0.387. The van der Waals surface area contributed by atoms with E-state index in [1.54, 1.807) is 18.2 Å². The first-order valence-corrected chi connectivity index (χ1v) is 16.1. The average molecular weight is 593 g/mol. The van der Waals surface area contributed by atoms with Crippen LogP contribution in [-0.4, -0.2) is 60.1 Å². The summed E-state index contributed by atoms with van der Waals surface area (Å²) in [5.74, 6) is 0.211. The van der Waals surface area contributed by atoms with Gasteiger partial charge in [-0.1, -0.05) is 38.1 Å². The van der Waals surface area contributed by atoms with Gasteiger partial charge in [-0.15, -0.1) is 0 Å². The van der Waals surface area contributed by atoms with Crippen LogP contribution in [0.3, 0.4) is 0 Å². The molecule has 0 radical (unpaired) electrons. The van der Waals surface area contributed by atoms with Crippen LogP contribution in [0.15, 0.2) is 53.4 Å². The zero-order valence-corrected chi connectivity index (χ0v) is 25.9. The topological polar surface area (TPSA) is 111 Å². The number of sulfonamides is 1. The number of aromatic nitrogens is 2. The van der Waals surface area contributed by atoms with Gasteiger partial charge in [0.05, 0.1) is 28.8 Å². The predicted molar refractivity (Wildman–Crippen MR) is 162 cm³/mol. The van der Waals surface area contributed by atoms with E-state index >= 15 is 0 Å². The van der Waals surface area contributed by atoms with Gasteiger partial charge in [0.25, 0.3) is 15.9 Å². The van der Waals surface area contributed by atoms with Crippen LogP contribution in [0.25, 0.3) is 11.3 Å². The van der Waals surface area contributed by atoms with E-state index in [0.717, 1.165) is 16.7 Å². The van der Waals surface area contributed by atoms with Gasteiger partial charge >= 0.3 is 0 Å². The van der Waals surface area contributed by atoms with Crippen molar-refractivity contribution in [3.63, 3.8) is 0 Å². The monoisotopic (exact) mass is 592 g/mol. The summed E-state index contributed by atoms with van der Waals surface area (Å²) in [7, 11) is -4.11. The lowest BCUT2D eigenvalue weighted by Crippen LogP contribution is -2.56. The molecule has 1 fully saturated rings. The third-order valence-corrected chi connectivity index (χ3v) is 9.11. The fraction of sp³-hybridized carbons (Fsp3) is 0.469. The number of hydrogen-bond acceptors (Lipinski definition) is 7. The molecule has 1 aromatic heterocycles. The van der Waals surface area contributed by atoms with E-state index in [2.05, 4.69) is 28.5 Å². The van der Waals surface area contributed by atoms with E-state index < -0.39 is 10.0 Å². The van der Waals surface area contributed by atoms with Gasteiger partial charge in [-0.3, -0.25) is 4.79 Å². The van der Waals surface area contributed by atoms with E-state index in [0.29, 0.717) is 30.5 Å². The lowest BCUT2D eigenvalue weighted by Gasteiger charge is -2.47. The number of carbonyl (C=O) groups excluding carboxylic acids is 1. The molecule has 3 aromatic rings.